The van der Waals surface area contributed by atoms with Gasteiger partial charge in [0.25, 0.3) is 0 Å². The highest BCUT2D eigenvalue weighted by Crippen LogP contribution is 2.50. The molecule has 2 unspecified atom stereocenters. The number of nitrogens with zero attached hydrogens (tertiary/aromatic N) is 1. The monoisotopic (exact) mass is 357 g/mol. The maximum absolute atomic E-state index is 10.00. The van der Waals surface area contributed by atoms with E-state index in [9.17, 15) is 5.26 Å². The summed E-state index contributed by atoms with van der Waals surface area (Å²) in [6.07, 6.45) is 16.4. The predicted octanol–water partition coefficient (Wildman–Crippen LogP) is 4.78. The molecule has 2 aliphatic heterocycles. The van der Waals surface area contributed by atoms with Crippen LogP contribution in [0.25, 0.3) is 0 Å². The quantitative estimate of drug-likeness (QED) is 0.764. The van der Waals surface area contributed by atoms with Crippen LogP contribution in [-0.4, -0.2) is 24.2 Å². The summed E-state index contributed by atoms with van der Waals surface area (Å²) < 4.78 is 0. The van der Waals surface area contributed by atoms with Crippen LogP contribution in [0.2, 0.25) is 0 Å². The normalized spacial score (nSPS) is 34.8. The molecule has 26 heavy (non-hydrogen) atoms. The molecule has 4 aliphatic rings. The second kappa shape index (κ2) is 7.10. The SMILES string of the molecule is CC(C)(C#N)C(C1CNC2(CCCCC2)C1)C1CNC2(CCCCC2)C1. The zero-order valence-corrected chi connectivity index (χ0v) is 17.1. The van der Waals surface area contributed by atoms with Crippen molar-refractivity contribution in [3.05, 3.63) is 0 Å². The molecule has 0 aromatic heterocycles. The van der Waals surface area contributed by atoms with Gasteiger partial charge in [0, 0.05) is 11.1 Å². The van der Waals surface area contributed by atoms with Gasteiger partial charge in [0.05, 0.1) is 11.5 Å². The first kappa shape index (κ1) is 18.8. The van der Waals surface area contributed by atoms with Gasteiger partial charge in [-0.15, -0.1) is 0 Å². The van der Waals surface area contributed by atoms with Crippen molar-refractivity contribution < 1.29 is 0 Å². The average Bonchev–Trinajstić information content (AvgIpc) is 3.22. The van der Waals surface area contributed by atoms with E-state index in [2.05, 4.69) is 30.6 Å². The molecule has 0 radical (unpaired) electrons. The molecule has 2 heterocycles. The zero-order valence-electron chi connectivity index (χ0n) is 17.1. The molecule has 0 aromatic rings. The number of rotatable bonds is 3. The van der Waals surface area contributed by atoms with Gasteiger partial charge in [-0.2, -0.15) is 5.26 Å². The highest BCUT2D eigenvalue weighted by Gasteiger charge is 2.52. The largest absolute Gasteiger partial charge is 0.311 e. The first-order valence-corrected chi connectivity index (χ1v) is 11.4. The maximum atomic E-state index is 10.00. The van der Waals surface area contributed by atoms with Gasteiger partial charge in [0.2, 0.25) is 0 Å². The van der Waals surface area contributed by atoms with Gasteiger partial charge in [0.15, 0.2) is 0 Å². The van der Waals surface area contributed by atoms with Crippen LogP contribution in [0.15, 0.2) is 0 Å². The topological polar surface area (TPSA) is 47.9 Å². The van der Waals surface area contributed by atoms with E-state index in [1.807, 2.05) is 0 Å². The molecule has 2 saturated heterocycles. The van der Waals surface area contributed by atoms with Crippen molar-refractivity contribution in [3.8, 4) is 6.07 Å². The lowest BCUT2D eigenvalue weighted by molar-refractivity contribution is 0.118. The van der Waals surface area contributed by atoms with E-state index in [1.54, 1.807) is 0 Å². The van der Waals surface area contributed by atoms with Gasteiger partial charge in [-0.25, -0.2) is 0 Å². The second-order valence-corrected chi connectivity index (χ2v) is 10.7. The third kappa shape index (κ3) is 3.45. The lowest BCUT2D eigenvalue weighted by Crippen LogP contribution is -2.41. The highest BCUT2D eigenvalue weighted by molar-refractivity contribution is 5.10. The van der Waals surface area contributed by atoms with E-state index in [0.717, 1.165) is 13.1 Å². The summed E-state index contributed by atoms with van der Waals surface area (Å²) in [5.41, 5.74) is 0.585. The molecule has 2 spiro atoms. The van der Waals surface area contributed by atoms with Crippen molar-refractivity contribution in [1.82, 2.24) is 10.6 Å². The average molecular weight is 358 g/mol. The van der Waals surface area contributed by atoms with Crippen molar-refractivity contribution in [1.29, 1.82) is 5.26 Å². The molecule has 0 aromatic carbocycles. The lowest BCUT2D eigenvalue weighted by Gasteiger charge is -2.40. The van der Waals surface area contributed by atoms with Crippen LogP contribution in [0.1, 0.15) is 90.9 Å². The fourth-order valence-corrected chi connectivity index (χ4v) is 7.35. The summed E-state index contributed by atoms with van der Waals surface area (Å²) in [4.78, 5) is 0. The smallest absolute Gasteiger partial charge is 0.0687 e. The lowest BCUT2D eigenvalue weighted by atomic mass is 9.62. The molecular weight excluding hydrogens is 318 g/mol. The summed E-state index contributed by atoms with van der Waals surface area (Å²) in [7, 11) is 0. The Morgan fingerprint density at radius 2 is 1.23 bits per heavy atom. The third-order valence-electron chi connectivity index (χ3n) is 8.54. The Labute approximate surface area is 160 Å². The Hall–Kier alpha value is -0.590. The molecule has 146 valence electrons. The molecular formula is C23H39N3. The van der Waals surface area contributed by atoms with E-state index in [-0.39, 0.29) is 5.41 Å². The van der Waals surface area contributed by atoms with E-state index < -0.39 is 0 Å². The fourth-order valence-electron chi connectivity index (χ4n) is 7.35. The summed E-state index contributed by atoms with van der Waals surface area (Å²) in [5, 5.41) is 17.9. The summed E-state index contributed by atoms with van der Waals surface area (Å²) in [6, 6.07) is 2.72. The van der Waals surface area contributed by atoms with Crippen LogP contribution in [-0.2, 0) is 0 Å². The van der Waals surface area contributed by atoms with Gasteiger partial charge < -0.3 is 10.6 Å². The first-order chi connectivity index (χ1) is 12.5. The Morgan fingerprint density at radius 3 is 1.62 bits per heavy atom. The molecule has 3 heteroatoms. The minimum absolute atomic E-state index is 0.223. The van der Waals surface area contributed by atoms with Crippen LogP contribution in [0.3, 0.4) is 0 Å². The van der Waals surface area contributed by atoms with E-state index in [0.29, 0.717) is 28.8 Å². The van der Waals surface area contributed by atoms with Crippen LogP contribution >= 0.6 is 0 Å². The zero-order chi connectivity index (χ0) is 18.3. The van der Waals surface area contributed by atoms with E-state index in [4.69, 9.17) is 0 Å². The van der Waals surface area contributed by atoms with Crippen LogP contribution < -0.4 is 10.6 Å². The van der Waals surface area contributed by atoms with Crippen LogP contribution in [0, 0.1) is 34.5 Å². The number of nitrogens with one attached hydrogen (secondary N) is 2. The Kier molecular flexibility index (Phi) is 5.12. The Bertz CT molecular complexity index is 498. The van der Waals surface area contributed by atoms with Crippen molar-refractivity contribution in [2.75, 3.05) is 13.1 Å². The standard InChI is InChI=1S/C23H39N3/c1-21(2,17-24)20(18-13-22(25-15-18)9-5-3-6-10-22)19-14-23(26-16-19)11-7-4-8-12-23/h18-20,25-26H,3-16H2,1-2H3. The van der Waals surface area contributed by atoms with E-state index >= 15 is 0 Å². The highest BCUT2D eigenvalue weighted by atomic mass is 15.0. The van der Waals surface area contributed by atoms with Gasteiger partial charge in [0.1, 0.15) is 0 Å². The van der Waals surface area contributed by atoms with Crippen LogP contribution in [0.5, 0.6) is 0 Å². The molecule has 0 bridgehead atoms. The minimum atomic E-state index is -0.223. The Morgan fingerprint density at radius 1 is 0.808 bits per heavy atom. The number of hydrogen-bond donors (Lipinski definition) is 2. The second-order valence-electron chi connectivity index (χ2n) is 10.7. The number of nitriles is 1. The molecule has 2 N–H and O–H groups in total. The molecule has 3 nitrogen and oxygen atoms in total. The molecule has 2 saturated carbocycles. The van der Waals surface area contributed by atoms with Gasteiger partial charge in [-0.05, 0) is 83.2 Å². The molecule has 0 amide bonds. The fraction of sp³-hybridized carbons (Fsp3) is 0.957. The third-order valence-corrected chi connectivity index (χ3v) is 8.54. The molecule has 4 fully saturated rings. The summed E-state index contributed by atoms with van der Waals surface area (Å²) in [6.45, 7) is 6.71. The number of hydrogen-bond acceptors (Lipinski definition) is 3. The molecule has 4 rings (SSSR count). The van der Waals surface area contributed by atoms with Crippen molar-refractivity contribution in [2.45, 2.75) is 102 Å². The first-order valence-electron chi connectivity index (χ1n) is 11.4. The van der Waals surface area contributed by atoms with E-state index in [1.165, 1.54) is 77.0 Å². The summed E-state index contributed by atoms with van der Waals surface area (Å²) in [5.74, 6) is 1.87. The minimum Gasteiger partial charge on any atom is -0.311 e. The van der Waals surface area contributed by atoms with Gasteiger partial charge in [-0.3, -0.25) is 0 Å². The van der Waals surface area contributed by atoms with Gasteiger partial charge >= 0.3 is 0 Å². The van der Waals surface area contributed by atoms with Crippen molar-refractivity contribution in [3.63, 3.8) is 0 Å². The van der Waals surface area contributed by atoms with Crippen LogP contribution in [0.4, 0.5) is 0 Å². The predicted molar refractivity (Wildman–Crippen MR) is 107 cm³/mol. The molecule has 2 atom stereocenters. The Balaban J connectivity index is 1.52. The van der Waals surface area contributed by atoms with Gasteiger partial charge in [-0.1, -0.05) is 38.5 Å². The molecule has 2 aliphatic carbocycles. The summed E-state index contributed by atoms with van der Waals surface area (Å²) >= 11 is 0. The van der Waals surface area contributed by atoms with Crippen molar-refractivity contribution >= 4 is 0 Å². The maximum Gasteiger partial charge on any atom is 0.0687 e. The van der Waals surface area contributed by atoms with Crippen molar-refractivity contribution in [2.24, 2.45) is 23.2 Å².